The fourth-order valence-corrected chi connectivity index (χ4v) is 5.05. The standard InChI is InChI=1S/C17H21NO3S/c19-12-6-10-16-13-14-7-4-5-11-17(14)18(22(16,20)21)15-8-2-1-3-9-15/h1-5,7-9,11,16,19-21H,6,10,12-13H2. The van der Waals surface area contributed by atoms with Crippen LogP contribution in [0.25, 0.3) is 0 Å². The van der Waals surface area contributed by atoms with Crippen LogP contribution in [0.2, 0.25) is 0 Å². The minimum Gasteiger partial charge on any atom is -0.396 e. The lowest BCUT2D eigenvalue weighted by Crippen LogP contribution is -2.37. The first-order chi connectivity index (χ1) is 10.6. The average Bonchev–Trinajstić information content (AvgIpc) is 2.53. The third-order valence-corrected chi connectivity index (χ3v) is 6.29. The van der Waals surface area contributed by atoms with Gasteiger partial charge in [-0.05, 0) is 43.0 Å². The van der Waals surface area contributed by atoms with Crippen molar-refractivity contribution in [1.29, 1.82) is 0 Å². The molecule has 3 rings (SSSR count). The van der Waals surface area contributed by atoms with Crippen molar-refractivity contribution in [3.63, 3.8) is 0 Å². The van der Waals surface area contributed by atoms with Crippen molar-refractivity contribution in [3.05, 3.63) is 60.2 Å². The average molecular weight is 319 g/mol. The summed E-state index contributed by atoms with van der Waals surface area (Å²) in [4.78, 5) is 0. The molecular formula is C17H21NO3S. The summed E-state index contributed by atoms with van der Waals surface area (Å²) >= 11 is 0. The Hall–Kier alpha value is -1.53. The molecule has 5 heteroatoms. The quantitative estimate of drug-likeness (QED) is 0.791. The molecule has 0 saturated heterocycles. The topological polar surface area (TPSA) is 63.9 Å². The Labute approximate surface area is 132 Å². The molecule has 1 unspecified atom stereocenters. The summed E-state index contributed by atoms with van der Waals surface area (Å²) < 4.78 is 23.5. The van der Waals surface area contributed by atoms with Crippen LogP contribution in [0.3, 0.4) is 0 Å². The molecule has 0 radical (unpaired) electrons. The van der Waals surface area contributed by atoms with Gasteiger partial charge in [0, 0.05) is 6.61 Å². The molecule has 0 aliphatic carbocycles. The lowest BCUT2D eigenvalue weighted by atomic mass is 10.0. The molecule has 0 saturated carbocycles. The third kappa shape index (κ3) is 2.73. The molecule has 0 aromatic heterocycles. The van der Waals surface area contributed by atoms with Gasteiger partial charge >= 0.3 is 0 Å². The largest absolute Gasteiger partial charge is 0.396 e. The van der Waals surface area contributed by atoms with Gasteiger partial charge < -0.3 is 5.11 Å². The van der Waals surface area contributed by atoms with Crippen molar-refractivity contribution in [2.45, 2.75) is 24.5 Å². The van der Waals surface area contributed by atoms with Gasteiger partial charge in [-0.15, -0.1) is 10.8 Å². The molecule has 0 amide bonds. The number of hydrogen-bond donors (Lipinski definition) is 3. The van der Waals surface area contributed by atoms with Gasteiger partial charge in [0.25, 0.3) is 0 Å². The Morgan fingerprint density at radius 3 is 2.41 bits per heavy atom. The molecule has 22 heavy (non-hydrogen) atoms. The van der Waals surface area contributed by atoms with Crippen LogP contribution in [0.4, 0.5) is 11.4 Å². The molecule has 118 valence electrons. The van der Waals surface area contributed by atoms with Crippen LogP contribution < -0.4 is 4.31 Å². The van der Waals surface area contributed by atoms with Gasteiger partial charge in [-0.3, -0.25) is 9.11 Å². The minimum atomic E-state index is -2.98. The van der Waals surface area contributed by atoms with Crippen molar-refractivity contribution in [2.24, 2.45) is 0 Å². The van der Waals surface area contributed by atoms with Crippen LogP contribution in [0.15, 0.2) is 54.6 Å². The van der Waals surface area contributed by atoms with Gasteiger partial charge in [-0.25, -0.2) is 4.31 Å². The zero-order chi connectivity index (χ0) is 15.6. The van der Waals surface area contributed by atoms with Crippen LogP contribution >= 0.6 is 10.8 Å². The summed E-state index contributed by atoms with van der Waals surface area (Å²) in [6.45, 7) is 0.0685. The zero-order valence-electron chi connectivity index (χ0n) is 12.3. The fourth-order valence-electron chi connectivity index (χ4n) is 2.97. The molecule has 0 fully saturated rings. The first-order valence-corrected chi connectivity index (χ1v) is 9.02. The van der Waals surface area contributed by atoms with Gasteiger partial charge in [0.2, 0.25) is 0 Å². The molecule has 0 spiro atoms. The maximum atomic E-state index is 10.9. The van der Waals surface area contributed by atoms with Crippen molar-refractivity contribution in [3.8, 4) is 0 Å². The lowest BCUT2D eigenvalue weighted by Gasteiger charge is -2.53. The molecule has 1 atom stereocenters. The number of nitrogens with zero attached hydrogens (tertiary/aromatic N) is 1. The highest BCUT2D eigenvalue weighted by atomic mass is 32.3. The Bertz CT molecular complexity index is 633. The van der Waals surface area contributed by atoms with Gasteiger partial charge in [0.1, 0.15) is 0 Å². The number of fused-ring (bicyclic) bond motifs is 1. The van der Waals surface area contributed by atoms with E-state index in [-0.39, 0.29) is 11.9 Å². The smallest absolute Gasteiger partial charge is 0.0734 e. The molecule has 2 aromatic rings. The molecule has 3 N–H and O–H groups in total. The second-order valence-electron chi connectivity index (χ2n) is 5.51. The molecule has 1 aliphatic rings. The van der Waals surface area contributed by atoms with Crippen molar-refractivity contribution >= 4 is 22.2 Å². The Kier molecular flexibility index (Phi) is 4.40. The maximum absolute atomic E-state index is 10.9. The Morgan fingerprint density at radius 1 is 1.00 bits per heavy atom. The molecular weight excluding hydrogens is 298 g/mol. The highest BCUT2D eigenvalue weighted by Crippen LogP contribution is 2.60. The Morgan fingerprint density at radius 2 is 1.68 bits per heavy atom. The summed E-state index contributed by atoms with van der Waals surface area (Å²) in [5.41, 5.74) is 2.75. The fraction of sp³-hybridized carbons (Fsp3) is 0.294. The SMILES string of the molecule is OCCCC1Cc2ccccc2N(c2ccccc2)S1(O)O. The number of aliphatic hydroxyl groups is 1. The van der Waals surface area contributed by atoms with Gasteiger partial charge in [-0.2, -0.15) is 0 Å². The number of hydrogen-bond acceptors (Lipinski definition) is 4. The first kappa shape index (κ1) is 15.4. The van der Waals surface area contributed by atoms with E-state index in [9.17, 15) is 9.11 Å². The lowest BCUT2D eigenvalue weighted by molar-refractivity contribution is 0.282. The minimum absolute atomic E-state index is 0.0685. The second-order valence-corrected chi connectivity index (χ2v) is 7.67. The molecule has 1 aliphatic heterocycles. The van der Waals surface area contributed by atoms with Crippen molar-refractivity contribution < 1.29 is 14.2 Å². The summed E-state index contributed by atoms with van der Waals surface area (Å²) in [7, 11) is -2.98. The summed E-state index contributed by atoms with van der Waals surface area (Å²) in [5.74, 6) is 0. The van der Waals surface area contributed by atoms with Crippen LogP contribution in [0.5, 0.6) is 0 Å². The number of para-hydroxylation sites is 2. The molecule has 1 heterocycles. The normalized spacial score (nSPS) is 21.2. The van der Waals surface area contributed by atoms with Gasteiger partial charge in [0.05, 0.1) is 16.6 Å². The van der Waals surface area contributed by atoms with E-state index in [2.05, 4.69) is 0 Å². The highest BCUT2D eigenvalue weighted by molar-refractivity contribution is 8.26. The maximum Gasteiger partial charge on any atom is 0.0734 e. The van der Waals surface area contributed by atoms with Gasteiger partial charge in [0.15, 0.2) is 0 Å². The van der Waals surface area contributed by atoms with E-state index in [1.807, 2.05) is 54.6 Å². The molecule has 0 bridgehead atoms. The van der Waals surface area contributed by atoms with Crippen molar-refractivity contribution in [1.82, 2.24) is 0 Å². The predicted octanol–water partition coefficient (Wildman–Crippen LogP) is 4.19. The van der Waals surface area contributed by atoms with Crippen LogP contribution in [0.1, 0.15) is 18.4 Å². The number of rotatable bonds is 4. The van der Waals surface area contributed by atoms with Gasteiger partial charge in [-0.1, -0.05) is 36.4 Å². The number of anilines is 2. The molecule has 4 nitrogen and oxygen atoms in total. The summed E-state index contributed by atoms with van der Waals surface area (Å²) in [6, 6.07) is 17.3. The van der Waals surface area contributed by atoms with E-state index in [1.54, 1.807) is 4.31 Å². The summed E-state index contributed by atoms with van der Waals surface area (Å²) in [6.07, 6.45) is 1.80. The van der Waals surface area contributed by atoms with E-state index < -0.39 is 10.8 Å². The highest BCUT2D eigenvalue weighted by Gasteiger charge is 2.38. The third-order valence-electron chi connectivity index (χ3n) is 4.05. The van der Waals surface area contributed by atoms with Crippen LogP contribution in [0, 0.1) is 0 Å². The van der Waals surface area contributed by atoms with E-state index >= 15 is 0 Å². The van der Waals surface area contributed by atoms with E-state index in [1.165, 1.54) is 0 Å². The number of aliphatic hydroxyl groups excluding tert-OH is 1. The van der Waals surface area contributed by atoms with Crippen molar-refractivity contribution in [2.75, 3.05) is 10.9 Å². The predicted molar refractivity (Wildman–Crippen MR) is 91.7 cm³/mol. The molecule has 2 aromatic carbocycles. The van der Waals surface area contributed by atoms with E-state index in [4.69, 9.17) is 5.11 Å². The first-order valence-electron chi connectivity index (χ1n) is 7.45. The Balaban J connectivity index is 2.07. The van der Waals surface area contributed by atoms with E-state index in [0.717, 1.165) is 16.9 Å². The van der Waals surface area contributed by atoms with E-state index in [0.29, 0.717) is 19.3 Å². The monoisotopic (exact) mass is 319 g/mol. The second kappa shape index (κ2) is 6.30. The summed E-state index contributed by atoms with van der Waals surface area (Å²) in [5, 5.41) is 8.81. The van der Waals surface area contributed by atoms with Crippen LogP contribution in [-0.4, -0.2) is 26.1 Å². The number of benzene rings is 2. The van der Waals surface area contributed by atoms with Crippen LogP contribution in [-0.2, 0) is 6.42 Å². The zero-order valence-corrected chi connectivity index (χ0v) is 13.1.